The lowest BCUT2D eigenvalue weighted by molar-refractivity contribution is -0.143. The molecule has 0 N–H and O–H groups in total. The lowest BCUT2D eigenvalue weighted by Crippen LogP contribution is -2.15. The number of rotatable bonds is 3. The van der Waals surface area contributed by atoms with E-state index in [0.29, 0.717) is 12.1 Å². The van der Waals surface area contributed by atoms with E-state index in [1.54, 1.807) is 13.8 Å². The van der Waals surface area contributed by atoms with Crippen LogP contribution in [0.25, 0.3) is 0 Å². The highest BCUT2D eigenvalue weighted by molar-refractivity contribution is 5.90. The molecule has 0 saturated heterocycles. The number of esters is 1. The zero-order valence-electron chi connectivity index (χ0n) is 11.1. The maximum absolute atomic E-state index is 12.6. The summed E-state index contributed by atoms with van der Waals surface area (Å²) >= 11 is 0. The predicted molar refractivity (Wildman–Crippen MR) is 61.6 cm³/mol. The van der Waals surface area contributed by atoms with Crippen molar-refractivity contribution in [1.82, 2.24) is 0 Å². The number of halogens is 6. The van der Waals surface area contributed by atoms with E-state index in [2.05, 4.69) is 4.74 Å². The van der Waals surface area contributed by atoms with Crippen molar-refractivity contribution < 1.29 is 35.9 Å². The van der Waals surface area contributed by atoms with Crippen molar-refractivity contribution in [3.8, 4) is 0 Å². The molecule has 8 heteroatoms. The minimum atomic E-state index is -4.99. The van der Waals surface area contributed by atoms with E-state index in [4.69, 9.17) is 0 Å². The summed E-state index contributed by atoms with van der Waals surface area (Å²) in [7, 11) is 0. The molecule has 0 aromatic heterocycles. The van der Waals surface area contributed by atoms with Crippen LogP contribution in [0.5, 0.6) is 0 Å². The van der Waals surface area contributed by atoms with Crippen molar-refractivity contribution in [3.05, 3.63) is 34.9 Å². The second-order valence-electron chi connectivity index (χ2n) is 4.79. The van der Waals surface area contributed by atoms with Crippen LogP contribution in [0, 0.1) is 5.92 Å². The highest BCUT2D eigenvalue weighted by atomic mass is 19.4. The third kappa shape index (κ3) is 4.95. The number of carbonyl (C=O) groups excluding carboxylic acids is 1. The van der Waals surface area contributed by atoms with Crippen LogP contribution in [0.2, 0.25) is 0 Å². The second-order valence-corrected chi connectivity index (χ2v) is 4.79. The van der Waals surface area contributed by atoms with Crippen LogP contribution in [0.4, 0.5) is 26.3 Å². The predicted octanol–water partition coefficient (Wildman–Crippen LogP) is 4.54. The van der Waals surface area contributed by atoms with E-state index in [1.807, 2.05) is 0 Å². The second kappa shape index (κ2) is 5.95. The van der Waals surface area contributed by atoms with Gasteiger partial charge in [0.15, 0.2) is 0 Å². The minimum Gasteiger partial charge on any atom is -0.462 e. The molecule has 1 aromatic carbocycles. The molecule has 0 saturated carbocycles. The molecule has 1 rings (SSSR count). The van der Waals surface area contributed by atoms with Crippen molar-refractivity contribution in [2.24, 2.45) is 5.92 Å². The molecular formula is C13H12F6O2. The van der Waals surface area contributed by atoms with Gasteiger partial charge in [0.05, 0.1) is 23.3 Å². The molecule has 0 aliphatic carbocycles. The average Bonchev–Trinajstić information content (AvgIpc) is 2.33. The Bertz CT molecular complexity index is 484. The molecule has 0 radical (unpaired) electrons. The summed E-state index contributed by atoms with van der Waals surface area (Å²) in [5, 5.41) is 0. The van der Waals surface area contributed by atoms with Crippen molar-refractivity contribution in [3.63, 3.8) is 0 Å². The molecule has 0 atom stereocenters. The first-order chi connectivity index (χ1) is 9.41. The van der Waals surface area contributed by atoms with Crippen LogP contribution in [-0.4, -0.2) is 12.6 Å². The number of alkyl halides is 6. The highest BCUT2D eigenvalue weighted by Gasteiger charge is 2.37. The van der Waals surface area contributed by atoms with E-state index in [0.717, 1.165) is 0 Å². The normalized spacial score (nSPS) is 12.6. The molecular weight excluding hydrogens is 302 g/mol. The molecule has 0 aliphatic rings. The van der Waals surface area contributed by atoms with Crippen LogP contribution in [-0.2, 0) is 17.1 Å². The summed E-state index contributed by atoms with van der Waals surface area (Å²) < 4.78 is 80.2. The van der Waals surface area contributed by atoms with E-state index >= 15 is 0 Å². The lowest BCUT2D eigenvalue weighted by Gasteiger charge is -2.14. The van der Waals surface area contributed by atoms with Gasteiger partial charge in [-0.1, -0.05) is 13.8 Å². The first-order valence-corrected chi connectivity index (χ1v) is 5.88. The molecule has 118 valence electrons. The van der Waals surface area contributed by atoms with Crippen molar-refractivity contribution in [1.29, 1.82) is 0 Å². The molecule has 0 aliphatic heterocycles. The summed E-state index contributed by atoms with van der Waals surface area (Å²) in [5.41, 5.74) is -3.87. The Labute approximate surface area is 116 Å². The molecule has 0 spiro atoms. The molecule has 0 fully saturated rings. The largest absolute Gasteiger partial charge is 0.462 e. The van der Waals surface area contributed by atoms with Gasteiger partial charge < -0.3 is 4.74 Å². The van der Waals surface area contributed by atoms with Gasteiger partial charge in [0.1, 0.15) is 0 Å². The Morgan fingerprint density at radius 1 is 1.00 bits per heavy atom. The summed E-state index contributed by atoms with van der Waals surface area (Å²) in [6.45, 7) is 3.26. The fraction of sp³-hybridized carbons (Fsp3) is 0.462. The molecule has 0 unspecified atom stereocenters. The minimum absolute atomic E-state index is 0.0424. The number of hydrogen-bond acceptors (Lipinski definition) is 2. The van der Waals surface area contributed by atoms with E-state index in [9.17, 15) is 31.1 Å². The Morgan fingerprint density at radius 3 is 1.76 bits per heavy atom. The van der Waals surface area contributed by atoms with Crippen LogP contribution in [0.3, 0.4) is 0 Å². The molecule has 1 aromatic rings. The SMILES string of the molecule is CC(C)COC(=O)c1cc(C(F)(F)F)cc(C(F)(F)F)c1. The lowest BCUT2D eigenvalue weighted by atomic mass is 10.0. The highest BCUT2D eigenvalue weighted by Crippen LogP contribution is 2.36. The van der Waals surface area contributed by atoms with Gasteiger partial charge in [-0.05, 0) is 24.1 Å². The smallest absolute Gasteiger partial charge is 0.416 e. The summed E-state index contributed by atoms with van der Waals surface area (Å²) in [4.78, 5) is 11.6. The first kappa shape index (κ1) is 17.3. The van der Waals surface area contributed by atoms with Crippen LogP contribution in [0.15, 0.2) is 18.2 Å². The van der Waals surface area contributed by atoms with Crippen LogP contribution >= 0.6 is 0 Å². The summed E-state index contributed by atoms with van der Waals surface area (Å²) in [6.07, 6.45) is -9.98. The van der Waals surface area contributed by atoms with E-state index < -0.39 is 35.0 Å². The summed E-state index contributed by atoms with van der Waals surface area (Å²) in [5.74, 6) is -1.32. The zero-order chi connectivity index (χ0) is 16.4. The maximum atomic E-state index is 12.6. The Balaban J connectivity index is 3.23. The first-order valence-electron chi connectivity index (χ1n) is 5.88. The topological polar surface area (TPSA) is 26.3 Å². The maximum Gasteiger partial charge on any atom is 0.416 e. The fourth-order valence-corrected chi connectivity index (χ4v) is 1.40. The Kier molecular flexibility index (Phi) is 4.91. The van der Waals surface area contributed by atoms with Crippen LogP contribution in [0.1, 0.15) is 35.3 Å². The van der Waals surface area contributed by atoms with E-state index in [-0.39, 0.29) is 18.6 Å². The van der Waals surface area contributed by atoms with Gasteiger partial charge in [0.2, 0.25) is 0 Å². The van der Waals surface area contributed by atoms with Gasteiger partial charge in [-0.2, -0.15) is 26.3 Å². The van der Waals surface area contributed by atoms with Gasteiger partial charge in [0, 0.05) is 0 Å². The zero-order valence-corrected chi connectivity index (χ0v) is 11.1. The van der Waals surface area contributed by atoms with Gasteiger partial charge in [-0.3, -0.25) is 0 Å². The van der Waals surface area contributed by atoms with Crippen molar-refractivity contribution >= 4 is 5.97 Å². The van der Waals surface area contributed by atoms with E-state index in [1.165, 1.54) is 0 Å². The Morgan fingerprint density at radius 2 is 1.43 bits per heavy atom. The molecule has 0 bridgehead atoms. The van der Waals surface area contributed by atoms with Crippen molar-refractivity contribution in [2.45, 2.75) is 26.2 Å². The number of benzene rings is 1. The Hall–Kier alpha value is -1.73. The van der Waals surface area contributed by atoms with Gasteiger partial charge >= 0.3 is 18.3 Å². The van der Waals surface area contributed by atoms with Gasteiger partial charge in [-0.25, -0.2) is 4.79 Å². The van der Waals surface area contributed by atoms with Crippen LogP contribution < -0.4 is 0 Å². The summed E-state index contributed by atoms with van der Waals surface area (Å²) in [6, 6.07) is 0.648. The number of hydrogen-bond donors (Lipinski definition) is 0. The van der Waals surface area contributed by atoms with Gasteiger partial charge in [-0.15, -0.1) is 0 Å². The number of carbonyl (C=O) groups is 1. The molecule has 0 amide bonds. The van der Waals surface area contributed by atoms with Crippen molar-refractivity contribution in [2.75, 3.05) is 6.61 Å². The van der Waals surface area contributed by atoms with Gasteiger partial charge in [0.25, 0.3) is 0 Å². The quantitative estimate of drug-likeness (QED) is 0.605. The fourth-order valence-electron chi connectivity index (χ4n) is 1.40. The average molecular weight is 314 g/mol. The monoisotopic (exact) mass is 314 g/mol. The third-order valence-electron chi connectivity index (χ3n) is 2.37. The molecule has 21 heavy (non-hydrogen) atoms. The molecule has 0 heterocycles. The number of ether oxygens (including phenoxy) is 1. The standard InChI is InChI=1S/C13H12F6O2/c1-7(2)6-21-11(20)8-3-9(12(14,15)16)5-10(4-8)13(17,18)19/h3-5,7H,6H2,1-2H3. The molecule has 2 nitrogen and oxygen atoms in total. The third-order valence-corrected chi connectivity index (χ3v) is 2.37.